The average molecular weight is 213 g/mol. The normalized spacial score (nSPS) is 17.4. The van der Waals surface area contributed by atoms with Gasteiger partial charge in [0.15, 0.2) is 0 Å². The third-order valence-electron chi connectivity index (χ3n) is 2.81. The lowest BCUT2D eigenvalue weighted by atomic mass is 9.85. The molecule has 0 aromatic heterocycles. The summed E-state index contributed by atoms with van der Waals surface area (Å²) in [5, 5.41) is 0. The highest BCUT2D eigenvalue weighted by molar-refractivity contribution is 5.97. The maximum Gasteiger partial charge on any atom is 0.250 e. The predicted octanol–water partition coefficient (Wildman–Crippen LogP) is 1.59. The summed E-state index contributed by atoms with van der Waals surface area (Å²) in [7, 11) is 1.36. The van der Waals surface area contributed by atoms with E-state index in [0.29, 0.717) is 12.3 Å². The minimum absolute atomic E-state index is 0.0245. The number of carbonyl (C=O) groups excluding carboxylic acids is 2. The van der Waals surface area contributed by atoms with Gasteiger partial charge in [-0.1, -0.05) is 32.1 Å². The highest BCUT2D eigenvalue weighted by atomic mass is 16.6. The fraction of sp³-hybridized carbons (Fsp3) is 0.818. The van der Waals surface area contributed by atoms with Crippen molar-refractivity contribution in [2.24, 2.45) is 5.92 Å². The lowest BCUT2D eigenvalue weighted by Crippen LogP contribution is -2.25. The SMILES string of the molecule is CONC(=O)CC(=O)CC1CCCCC1. The molecule has 0 spiro atoms. The van der Waals surface area contributed by atoms with E-state index in [-0.39, 0.29) is 18.1 Å². The van der Waals surface area contributed by atoms with Gasteiger partial charge in [0.05, 0.1) is 13.5 Å². The van der Waals surface area contributed by atoms with Crippen LogP contribution >= 0.6 is 0 Å². The van der Waals surface area contributed by atoms with Gasteiger partial charge >= 0.3 is 0 Å². The minimum atomic E-state index is -0.349. The van der Waals surface area contributed by atoms with Gasteiger partial charge in [0.1, 0.15) is 5.78 Å². The molecule has 0 bridgehead atoms. The Morgan fingerprint density at radius 1 is 1.27 bits per heavy atom. The van der Waals surface area contributed by atoms with E-state index < -0.39 is 0 Å². The summed E-state index contributed by atoms with van der Waals surface area (Å²) < 4.78 is 0. The van der Waals surface area contributed by atoms with Gasteiger partial charge < -0.3 is 0 Å². The van der Waals surface area contributed by atoms with Crippen LogP contribution in [0.15, 0.2) is 0 Å². The molecule has 0 aromatic rings. The second-order valence-electron chi connectivity index (χ2n) is 4.15. The molecule has 0 aliphatic heterocycles. The Morgan fingerprint density at radius 2 is 1.93 bits per heavy atom. The van der Waals surface area contributed by atoms with Crippen molar-refractivity contribution in [3.05, 3.63) is 0 Å². The number of nitrogens with one attached hydrogen (secondary N) is 1. The maximum atomic E-state index is 11.5. The monoisotopic (exact) mass is 213 g/mol. The average Bonchev–Trinajstić information content (AvgIpc) is 2.19. The summed E-state index contributed by atoms with van der Waals surface area (Å²) in [6.45, 7) is 0. The topological polar surface area (TPSA) is 55.4 Å². The van der Waals surface area contributed by atoms with Crippen molar-refractivity contribution < 1.29 is 14.4 Å². The number of hydroxylamine groups is 1. The van der Waals surface area contributed by atoms with Crippen LogP contribution in [-0.2, 0) is 14.4 Å². The number of amides is 1. The van der Waals surface area contributed by atoms with Gasteiger partial charge in [0.25, 0.3) is 5.91 Å². The van der Waals surface area contributed by atoms with Crippen molar-refractivity contribution in [3.63, 3.8) is 0 Å². The van der Waals surface area contributed by atoms with Gasteiger partial charge in [-0.2, -0.15) is 0 Å². The van der Waals surface area contributed by atoms with Crippen molar-refractivity contribution in [2.45, 2.75) is 44.9 Å². The van der Waals surface area contributed by atoms with Gasteiger partial charge in [-0.25, -0.2) is 5.48 Å². The molecule has 1 rings (SSSR count). The molecule has 1 saturated carbocycles. The lowest BCUT2D eigenvalue weighted by molar-refractivity contribution is -0.135. The first-order chi connectivity index (χ1) is 7.22. The summed E-state index contributed by atoms with van der Waals surface area (Å²) in [6, 6.07) is 0. The Hall–Kier alpha value is -0.900. The summed E-state index contributed by atoms with van der Waals surface area (Å²) >= 11 is 0. The predicted molar refractivity (Wildman–Crippen MR) is 56.0 cm³/mol. The smallest absolute Gasteiger partial charge is 0.250 e. The first-order valence-electron chi connectivity index (χ1n) is 5.56. The molecule has 0 saturated heterocycles. The van der Waals surface area contributed by atoms with Crippen LogP contribution in [0.25, 0.3) is 0 Å². The largest absolute Gasteiger partial charge is 0.299 e. The third-order valence-corrected chi connectivity index (χ3v) is 2.81. The molecule has 1 amide bonds. The molecular weight excluding hydrogens is 194 g/mol. The molecular formula is C11H19NO3. The molecule has 0 atom stereocenters. The van der Waals surface area contributed by atoms with Crippen LogP contribution in [0.2, 0.25) is 0 Å². The Kier molecular flexibility index (Phi) is 5.32. The van der Waals surface area contributed by atoms with E-state index in [1.165, 1.54) is 26.4 Å². The van der Waals surface area contributed by atoms with E-state index in [0.717, 1.165) is 12.8 Å². The summed E-state index contributed by atoms with van der Waals surface area (Å²) in [6.07, 6.45) is 6.51. The molecule has 0 heterocycles. The standard InChI is InChI=1S/C11H19NO3/c1-15-12-11(14)8-10(13)7-9-5-3-2-4-6-9/h9H,2-8H2,1H3,(H,12,14). The quantitative estimate of drug-likeness (QED) is 0.557. The Labute approximate surface area is 90.3 Å². The fourth-order valence-corrected chi connectivity index (χ4v) is 2.11. The van der Waals surface area contributed by atoms with E-state index in [2.05, 4.69) is 10.3 Å². The van der Waals surface area contributed by atoms with Gasteiger partial charge in [-0.15, -0.1) is 0 Å². The molecule has 0 unspecified atom stereocenters. The lowest BCUT2D eigenvalue weighted by Gasteiger charge is -2.20. The van der Waals surface area contributed by atoms with E-state index in [4.69, 9.17) is 0 Å². The molecule has 1 N–H and O–H groups in total. The number of hydrogen-bond donors (Lipinski definition) is 1. The highest BCUT2D eigenvalue weighted by Gasteiger charge is 2.18. The van der Waals surface area contributed by atoms with Crippen LogP contribution in [-0.4, -0.2) is 18.8 Å². The van der Waals surface area contributed by atoms with Gasteiger partial charge in [-0.3, -0.25) is 14.4 Å². The molecule has 0 radical (unpaired) electrons. The van der Waals surface area contributed by atoms with Gasteiger partial charge in [0.2, 0.25) is 0 Å². The van der Waals surface area contributed by atoms with E-state index >= 15 is 0 Å². The number of rotatable bonds is 5. The molecule has 1 aliphatic rings. The highest BCUT2D eigenvalue weighted by Crippen LogP contribution is 2.26. The Bertz CT molecular complexity index is 222. The van der Waals surface area contributed by atoms with Crippen molar-refractivity contribution in [1.82, 2.24) is 5.48 Å². The van der Waals surface area contributed by atoms with E-state index in [1.54, 1.807) is 0 Å². The third kappa shape index (κ3) is 4.93. The summed E-state index contributed by atoms with van der Waals surface area (Å²) in [5.74, 6) is 0.177. The first-order valence-corrected chi connectivity index (χ1v) is 5.56. The zero-order valence-corrected chi connectivity index (χ0v) is 9.25. The molecule has 4 nitrogen and oxygen atoms in total. The first kappa shape index (κ1) is 12.2. The van der Waals surface area contributed by atoms with Crippen molar-refractivity contribution in [2.75, 3.05) is 7.11 Å². The van der Waals surface area contributed by atoms with Crippen molar-refractivity contribution in [3.8, 4) is 0 Å². The summed E-state index contributed by atoms with van der Waals surface area (Å²) in [4.78, 5) is 27.0. The van der Waals surface area contributed by atoms with Crippen molar-refractivity contribution >= 4 is 11.7 Å². The molecule has 0 aromatic carbocycles. The number of hydrogen-bond acceptors (Lipinski definition) is 3. The maximum absolute atomic E-state index is 11.5. The van der Waals surface area contributed by atoms with Crippen LogP contribution in [0.4, 0.5) is 0 Å². The van der Waals surface area contributed by atoms with Crippen LogP contribution in [0, 0.1) is 5.92 Å². The Morgan fingerprint density at radius 3 is 2.53 bits per heavy atom. The molecule has 1 fully saturated rings. The molecule has 15 heavy (non-hydrogen) atoms. The molecule has 1 aliphatic carbocycles. The summed E-state index contributed by atoms with van der Waals surface area (Å²) in [5.41, 5.74) is 2.15. The minimum Gasteiger partial charge on any atom is -0.299 e. The van der Waals surface area contributed by atoms with Crippen molar-refractivity contribution in [1.29, 1.82) is 0 Å². The van der Waals surface area contributed by atoms with Crippen LogP contribution in [0.5, 0.6) is 0 Å². The zero-order chi connectivity index (χ0) is 11.1. The van der Waals surface area contributed by atoms with Crippen LogP contribution < -0.4 is 5.48 Å². The second-order valence-corrected chi connectivity index (χ2v) is 4.15. The van der Waals surface area contributed by atoms with Crippen LogP contribution in [0.1, 0.15) is 44.9 Å². The second kappa shape index (κ2) is 6.56. The number of Topliss-reactive ketones (excluding diaryl/α,β-unsaturated/α-hetero) is 1. The Balaban J connectivity index is 2.19. The van der Waals surface area contributed by atoms with Crippen LogP contribution in [0.3, 0.4) is 0 Å². The van der Waals surface area contributed by atoms with E-state index in [9.17, 15) is 9.59 Å². The van der Waals surface area contributed by atoms with E-state index in [1.807, 2.05) is 0 Å². The van der Waals surface area contributed by atoms with Gasteiger partial charge in [-0.05, 0) is 5.92 Å². The number of ketones is 1. The molecule has 4 heteroatoms. The van der Waals surface area contributed by atoms with Gasteiger partial charge in [0, 0.05) is 6.42 Å². The molecule has 86 valence electrons. The zero-order valence-electron chi connectivity index (χ0n) is 9.25. The number of carbonyl (C=O) groups is 2. The fourth-order valence-electron chi connectivity index (χ4n) is 2.11.